The van der Waals surface area contributed by atoms with Crippen LogP contribution in [0.1, 0.15) is 31.4 Å². The van der Waals surface area contributed by atoms with E-state index in [-0.39, 0.29) is 0 Å². The Morgan fingerprint density at radius 2 is 2.17 bits per heavy atom. The van der Waals surface area contributed by atoms with E-state index in [4.69, 9.17) is 4.74 Å². The van der Waals surface area contributed by atoms with Gasteiger partial charge in [0, 0.05) is 25.7 Å². The normalized spacial score (nSPS) is 14.4. The summed E-state index contributed by atoms with van der Waals surface area (Å²) >= 11 is 0. The molecule has 0 aromatic heterocycles. The number of hydrogen-bond donors (Lipinski definition) is 2. The Bertz CT molecular complexity index is 377. The first-order valence-corrected chi connectivity index (χ1v) is 6.94. The van der Waals surface area contributed by atoms with Gasteiger partial charge in [0.05, 0.1) is 6.61 Å². The molecule has 100 valence electrons. The topological polar surface area (TPSA) is 33.3 Å². The van der Waals surface area contributed by atoms with E-state index >= 15 is 0 Å². The average molecular weight is 248 g/mol. The van der Waals surface area contributed by atoms with Crippen LogP contribution in [0.2, 0.25) is 0 Å². The molecule has 0 radical (unpaired) electrons. The number of benzene rings is 1. The van der Waals surface area contributed by atoms with Crippen LogP contribution >= 0.6 is 0 Å². The second-order valence-electron chi connectivity index (χ2n) is 5.18. The van der Waals surface area contributed by atoms with Gasteiger partial charge in [-0.05, 0) is 30.0 Å². The monoisotopic (exact) mass is 248 g/mol. The van der Waals surface area contributed by atoms with Gasteiger partial charge in [0.1, 0.15) is 5.75 Å². The molecule has 1 aromatic carbocycles. The Labute approximate surface area is 110 Å². The molecule has 0 unspecified atom stereocenters. The molecule has 0 bridgehead atoms. The van der Waals surface area contributed by atoms with Gasteiger partial charge in [-0.15, -0.1) is 0 Å². The van der Waals surface area contributed by atoms with Crippen LogP contribution in [0.4, 0.5) is 0 Å². The second-order valence-corrected chi connectivity index (χ2v) is 5.18. The number of ether oxygens (including phenoxy) is 1. The van der Waals surface area contributed by atoms with Crippen molar-refractivity contribution in [3.8, 4) is 5.75 Å². The maximum atomic E-state index is 5.62. The van der Waals surface area contributed by atoms with E-state index in [2.05, 4.69) is 42.7 Å². The molecule has 3 nitrogen and oxygen atoms in total. The fraction of sp³-hybridized carbons (Fsp3) is 0.600. The lowest BCUT2D eigenvalue weighted by Crippen LogP contribution is -2.31. The molecule has 1 aliphatic heterocycles. The standard InChI is InChI=1S/C15H24N2O/c1-12(2)17-8-7-16-11-13-5-6-15-14(10-13)4-3-9-18-15/h5-6,10,12,16-17H,3-4,7-9,11H2,1-2H3. The zero-order chi connectivity index (χ0) is 12.8. The Morgan fingerprint density at radius 3 is 3.00 bits per heavy atom. The molecule has 0 saturated heterocycles. The minimum Gasteiger partial charge on any atom is -0.493 e. The zero-order valence-electron chi connectivity index (χ0n) is 11.5. The fourth-order valence-corrected chi connectivity index (χ4v) is 2.21. The van der Waals surface area contributed by atoms with Crippen molar-refractivity contribution >= 4 is 0 Å². The molecule has 0 aliphatic carbocycles. The summed E-state index contributed by atoms with van der Waals surface area (Å²) in [5.74, 6) is 1.08. The van der Waals surface area contributed by atoms with E-state index in [1.807, 2.05) is 0 Å². The number of nitrogens with one attached hydrogen (secondary N) is 2. The first kappa shape index (κ1) is 13.4. The van der Waals surface area contributed by atoms with Gasteiger partial charge < -0.3 is 15.4 Å². The molecule has 18 heavy (non-hydrogen) atoms. The number of aryl methyl sites for hydroxylation is 1. The highest BCUT2D eigenvalue weighted by Gasteiger charge is 2.09. The van der Waals surface area contributed by atoms with Gasteiger partial charge in [-0.25, -0.2) is 0 Å². The number of rotatable bonds is 6. The molecule has 0 fully saturated rings. The Hall–Kier alpha value is -1.06. The minimum absolute atomic E-state index is 0.563. The van der Waals surface area contributed by atoms with Crippen LogP contribution in [-0.4, -0.2) is 25.7 Å². The molecule has 0 atom stereocenters. The van der Waals surface area contributed by atoms with E-state index < -0.39 is 0 Å². The van der Waals surface area contributed by atoms with Crippen molar-refractivity contribution in [2.24, 2.45) is 0 Å². The quantitative estimate of drug-likeness (QED) is 0.756. The molecular formula is C15H24N2O. The maximum Gasteiger partial charge on any atom is 0.122 e. The van der Waals surface area contributed by atoms with Crippen molar-refractivity contribution < 1.29 is 4.74 Å². The van der Waals surface area contributed by atoms with E-state index in [1.54, 1.807) is 0 Å². The molecule has 2 rings (SSSR count). The zero-order valence-corrected chi connectivity index (χ0v) is 11.5. The van der Waals surface area contributed by atoms with Gasteiger partial charge in [-0.3, -0.25) is 0 Å². The molecule has 1 aromatic rings. The van der Waals surface area contributed by atoms with Gasteiger partial charge >= 0.3 is 0 Å². The van der Waals surface area contributed by atoms with Crippen LogP contribution < -0.4 is 15.4 Å². The van der Waals surface area contributed by atoms with Crippen molar-refractivity contribution in [2.45, 2.75) is 39.3 Å². The van der Waals surface area contributed by atoms with Crippen LogP contribution in [0.15, 0.2) is 18.2 Å². The summed E-state index contributed by atoms with van der Waals surface area (Å²) in [4.78, 5) is 0. The third-order valence-corrected chi connectivity index (χ3v) is 3.16. The third kappa shape index (κ3) is 4.00. The molecule has 0 amide bonds. The smallest absolute Gasteiger partial charge is 0.122 e. The summed E-state index contributed by atoms with van der Waals surface area (Å²) in [6.45, 7) is 8.17. The molecule has 0 saturated carbocycles. The van der Waals surface area contributed by atoms with Gasteiger partial charge in [-0.2, -0.15) is 0 Å². The third-order valence-electron chi connectivity index (χ3n) is 3.16. The fourth-order valence-electron chi connectivity index (χ4n) is 2.21. The van der Waals surface area contributed by atoms with Crippen molar-refractivity contribution in [2.75, 3.05) is 19.7 Å². The molecule has 1 heterocycles. The van der Waals surface area contributed by atoms with Gasteiger partial charge in [0.15, 0.2) is 0 Å². The second kappa shape index (κ2) is 6.76. The number of hydrogen-bond acceptors (Lipinski definition) is 3. The highest BCUT2D eigenvalue weighted by Crippen LogP contribution is 2.25. The summed E-state index contributed by atoms with van der Waals surface area (Å²) < 4.78 is 5.62. The average Bonchev–Trinajstić information content (AvgIpc) is 2.38. The maximum absolute atomic E-state index is 5.62. The summed E-state index contributed by atoms with van der Waals surface area (Å²) in [6.07, 6.45) is 2.29. The highest BCUT2D eigenvalue weighted by molar-refractivity contribution is 5.38. The summed E-state index contributed by atoms with van der Waals surface area (Å²) in [7, 11) is 0. The predicted molar refractivity (Wildman–Crippen MR) is 75.1 cm³/mol. The van der Waals surface area contributed by atoms with Crippen LogP contribution in [0, 0.1) is 0 Å². The van der Waals surface area contributed by atoms with E-state index in [1.165, 1.54) is 11.1 Å². The molecule has 3 heteroatoms. The van der Waals surface area contributed by atoms with Crippen molar-refractivity contribution in [1.29, 1.82) is 0 Å². The minimum atomic E-state index is 0.563. The number of fused-ring (bicyclic) bond motifs is 1. The summed E-state index contributed by atoms with van der Waals surface area (Å²) in [5, 5.41) is 6.86. The Kier molecular flexibility index (Phi) is 5.02. The van der Waals surface area contributed by atoms with Crippen molar-refractivity contribution in [1.82, 2.24) is 10.6 Å². The van der Waals surface area contributed by atoms with Crippen LogP contribution in [0.25, 0.3) is 0 Å². The van der Waals surface area contributed by atoms with Crippen LogP contribution in [0.3, 0.4) is 0 Å². The lowest BCUT2D eigenvalue weighted by Gasteiger charge is -2.18. The largest absolute Gasteiger partial charge is 0.493 e. The van der Waals surface area contributed by atoms with Gasteiger partial charge in [0.25, 0.3) is 0 Å². The van der Waals surface area contributed by atoms with Gasteiger partial charge in [-0.1, -0.05) is 26.0 Å². The highest BCUT2D eigenvalue weighted by atomic mass is 16.5. The molecule has 0 spiro atoms. The Balaban J connectivity index is 1.76. The lowest BCUT2D eigenvalue weighted by molar-refractivity contribution is 0.288. The molecule has 2 N–H and O–H groups in total. The van der Waals surface area contributed by atoms with Crippen molar-refractivity contribution in [3.05, 3.63) is 29.3 Å². The van der Waals surface area contributed by atoms with E-state index in [9.17, 15) is 0 Å². The van der Waals surface area contributed by atoms with E-state index in [0.29, 0.717) is 6.04 Å². The Morgan fingerprint density at radius 1 is 1.28 bits per heavy atom. The van der Waals surface area contributed by atoms with Crippen molar-refractivity contribution in [3.63, 3.8) is 0 Å². The molecular weight excluding hydrogens is 224 g/mol. The van der Waals surface area contributed by atoms with Crippen LogP contribution in [-0.2, 0) is 13.0 Å². The summed E-state index contributed by atoms with van der Waals surface area (Å²) in [5.41, 5.74) is 2.71. The van der Waals surface area contributed by atoms with Crippen LogP contribution in [0.5, 0.6) is 5.75 Å². The predicted octanol–water partition coefficient (Wildman–Crippen LogP) is 2.10. The van der Waals surface area contributed by atoms with Gasteiger partial charge in [0.2, 0.25) is 0 Å². The van der Waals surface area contributed by atoms with E-state index in [0.717, 1.165) is 44.8 Å². The summed E-state index contributed by atoms with van der Waals surface area (Å²) in [6, 6.07) is 7.11. The SMILES string of the molecule is CC(C)NCCNCc1ccc2c(c1)CCCO2. The first-order valence-electron chi connectivity index (χ1n) is 6.94. The first-order chi connectivity index (χ1) is 8.75. The molecule has 1 aliphatic rings. The lowest BCUT2D eigenvalue weighted by atomic mass is 10.0.